The third-order valence-corrected chi connectivity index (χ3v) is 3.63. The lowest BCUT2D eigenvalue weighted by Gasteiger charge is -2.13. The molecule has 2 rings (SSSR count). The maximum atomic E-state index is 12.7. The maximum Gasteiger partial charge on any atom is 0.416 e. The van der Waals surface area contributed by atoms with Crippen LogP contribution >= 0.6 is 0 Å². The number of benzene rings is 1. The van der Waals surface area contributed by atoms with Crippen LogP contribution < -0.4 is 10.6 Å². The van der Waals surface area contributed by atoms with Gasteiger partial charge >= 0.3 is 6.18 Å². The molecule has 0 bridgehead atoms. The highest BCUT2D eigenvalue weighted by Gasteiger charge is 2.31. The van der Waals surface area contributed by atoms with Crippen LogP contribution in [0.1, 0.15) is 41.6 Å². The zero-order chi connectivity index (χ0) is 15.5. The fourth-order valence-electron chi connectivity index (χ4n) is 2.22. The Kier molecular flexibility index (Phi) is 4.75. The van der Waals surface area contributed by atoms with E-state index in [4.69, 9.17) is 0 Å². The van der Waals surface area contributed by atoms with Crippen molar-refractivity contribution in [2.24, 2.45) is 5.92 Å². The minimum absolute atomic E-state index is 0.0266. The molecule has 1 saturated carbocycles. The zero-order valence-corrected chi connectivity index (χ0v) is 11.9. The third-order valence-electron chi connectivity index (χ3n) is 3.63. The second-order valence-corrected chi connectivity index (χ2v) is 5.35. The molecule has 0 aliphatic heterocycles. The second-order valence-electron chi connectivity index (χ2n) is 5.35. The van der Waals surface area contributed by atoms with E-state index in [1.807, 2.05) is 0 Å². The minimum Gasteiger partial charge on any atom is -0.387 e. The Bertz CT molecular complexity index is 510. The SMILES string of the molecule is CNc1ccc(C(F)(F)F)cc1C(=O)NCCCC1CC1. The number of anilines is 1. The van der Waals surface area contributed by atoms with Gasteiger partial charge in [0, 0.05) is 19.3 Å². The first-order valence-corrected chi connectivity index (χ1v) is 7.09. The van der Waals surface area contributed by atoms with E-state index in [-0.39, 0.29) is 5.56 Å². The molecule has 0 aromatic heterocycles. The molecule has 3 nitrogen and oxygen atoms in total. The van der Waals surface area contributed by atoms with Crippen molar-refractivity contribution in [1.29, 1.82) is 0 Å². The molecule has 0 spiro atoms. The summed E-state index contributed by atoms with van der Waals surface area (Å²) in [5.74, 6) is 0.310. The normalized spacial score (nSPS) is 14.9. The summed E-state index contributed by atoms with van der Waals surface area (Å²) in [6.45, 7) is 0.495. The Morgan fingerprint density at radius 2 is 2.05 bits per heavy atom. The number of hydrogen-bond acceptors (Lipinski definition) is 2. The van der Waals surface area contributed by atoms with Gasteiger partial charge in [-0.3, -0.25) is 4.79 Å². The smallest absolute Gasteiger partial charge is 0.387 e. The van der Waals surface area contributed by atoms with Crippen LogP contribution in [0.3, 0.4) is 0 Å². The van der Waals surface area contributed by atoms with Crippen molar-refractivity contribution in [2.45, 2.75) is 31.9 Å². The van der Waals surface area contributed by atoms with Crippen molar-refractivity contribution in [3.63, 3.8) is 0 Å². The maximum absolute atomic E-state index is 12.7. The van der Waals surface area contributed by atoms with E-state index in [1.165, 1.54) is 18.9 Å². The predicted molar refractivity (Wildman–Crippen MR) is 75.3 cm³/mol. The number of amides is 1. The molecule has 0 atom stereocenters. The van der Waals surface area contributed by atoms with E-state index in [2.05, 4.69) is 10.6 Å². The standard InChI is InChI=1S/C15H19F3N2O/c1-19-13-7-6-11(15(16,17)18)9-12(13)14(21)20-8-2-3-10-4-5-10/h6-7,9-10,19H,2-5,8H2,1H3,(H,20,21). The highest BCUT2D eigenvalue weighted by Crippen LogP contribution is 2.33. The molecule has 0 radical (unpaired) electrons. The van der Waals surface area contributed by atoms with E-state index < -0.39 is 17.6 Å². The lowest BCUT2D eigenvalue weighted by molar-refractivity contribution is -0.137. The van der Waals surface area contributed by atoms with Crippen molar-refractivity contribution >= 4 is 11.6 Å². The predicted octanol–water partition coefficient (Wildman–Crippen LogP) is 3.67. The molecule has 116 valence electrons. The molecule has 1 aliphatic rings. The Hall–Kier alpha value is -1.72. The summed E-state index contributed by atoms with van der Waals surface area (Å²) in [6, 6.07) is 3.14. The molecule has 1 aromatic carbocycles. The molecular weight excluding hydrogens is 281 g/mol. The van der Waals surface area contributed by atoms with Gasteiger partial charge in [0.15, 0.2) is 0 Å². The summed E-state index contributed by atoms with van der Waals surface area (Å²) in [7, 11) is 1.58. The van der Waals surface area contributed by atoms with Gasteiger partial charge in [0.1, 0.15) is 0 Å². The summed E-state index contributed by atoms with van der Waals surface area (Å²) >= 11 is 0. The van der Waals surface area contributed by atoms with Gasteiger partial charge in [-0.05, 0) is 37.0 Å². The monoisotopic (exact) mass is 300 g/mol. The average molecular weight is 300 g/mol. The van der Waals surface area contributed by atoms with E-state index in [9.17, 15) is 18.0 Å². The molecular formula is C15H19F3N2O. The Morgan fingerprint density at radius 1 is 1.33 bits per heavy atom. The largest absolute Gasteiger partial charge is 0.416 e. The summed E-state index contributed by atoms with van der Waals surface area (Å²) in [4.78, 5) is 12.0. The lowest BCUT2D eigenvalue weighted by Crippen LogP contribution is -2.26. The first-order chi connectivity index (χ1) is 9.91. The highest BCUT2D eigenvalue weighted by atomic mass is 19.4. The topological polar surface area (TPSA) is 41.1 Å². The van der Waals surface area contributed by atoms with Crippen molar-refractivity contribution in [3.05, 3.63) is 29.3 Å². The van der Waals surface area contributed by atoms with Crippen molar-refractivity contribution in [1.82, 2.24) is 5.32 Å². The number of hydrogen-bond donors (Lipinski definition) is 2. The molecule has 1 amide bonds. The van der Waals surface area contributed by atoms with Crippen LogP contribution in [0.4, 0.5) is 18.9 Å². The second kappa shape index (κ2) is 6.37. The molecule has 2 N–H and O–H groups in total. The van der Waals surface area contributed by atoms with Gasteiger partial charge in [-0.1, -0.05) is 12.8 Å². The van der Waals surface area contributed by atoms with Crippen molar-refractivity contribution in [2.75, 3.05) is 18.9 Å². The number of carbonyl (C=O) groups excluding carboxylic acids is 1. The quantitative estimate of drug-likeness (QED) is 0.787. The van der Waals surface area contributed by atoms with E-state index in [0.29, 0.717) is 12.2 Å². The molecule has 1 aliphatic carbocycles. The first kappa shape index (κ1) is 15.7. The van der Waals surface area contributed by atoms with Gasteiger partial charge in [0.25, 0.3) is 5.91 Å². The van der Waals surface area contributed by atoms with Gasteiger partial charge in [-0.15, -0.1) is 0 Å². The van der Waals surface area contributed by atoms with Crippen LogP contribution in [0.15, 0.2) is 18.2 Å². The zero-order valence-electron chi connectivity index (χ0n) is 11.9. The van der Waals surface area contributed by atoms with Crippen molar-refractivity contribution in [3.8, 4) is 0 Å². The fourth-order valence-corrected chi connectivity index (χ4v) is 2.22. The fraction of sp³-hybridized carbons (Fsp3) is 0.533. The Morgan fingerprint density at radius 3 is 2.62 bits per heavy atom. The molecule has 0 unspecified atom stereocenters. The summed E-state index contributed by atoms with van der Waals surface area (Å²) in [6.07, 6.45) is -0.00373. The van der Waals surface area contributed by atoms with Gasteiger partial charge in [0.05, 0.1) is 11.1 Å². The van der Waals surface area contributed by atoms with Crippen LogP contribution in [0.25, 0.3) is 0 Å². The summed E-state index contributed by atoms with van der Waals surface area (Å²) < 4.78 is 38.2. The van der Waals surface area contributed by atoms with E-state index in [0.717, 1.165) is 30.9 Å². The van der Waals surface area contributed by atoms with Crippen LogP contribution in [0.5, 0.6) is 0 Å². The van der Waals surface area contributed by atoms with E-state index >= 15 is 0 Å². The first-order valence-electron chi connectivity index (χ1n) is 7.09. The van der Waals surface area contributed by atoms with Crippen LogP contribution in [-0.4, -0.2) is 19.5 Å². The molecule has 0 heterocycles. The minimum atomic E-state index is -4.45. The van der Waals surface area contributed by atoms with Crippen LogP contribution in [-0.2, 0) is 6.18 Å². The molecule has 21 heavy (non-hydrogen) atoms. The van der Waals surface area contributed by atoms with Crippen molar-refractivity contribution < 1.29 is 18.0 Å². The molecule has 0 saturated heterocycles. The Balaban J connectivity index is 2.02. The summed E-state index contributed by atoms with van der Waals surface area (Å²) in [5.41, 5.74) is -0.397. The van der Waals surface area contributed by atoms with Gasteiger partial charge in [0.2, 0.25) is 0 Å². The summed E-state index contributed by atoms with van der Waals surface area (Å²) in [5, 5.41) is 5.43. The highest BCUT2D eigenvalue weighted by molar-refractivity contribution is 5.99. The molecule has 1 fully saturated rings. The van der Waals surface area contributed by atoms with Crippen LogP contribution in [0, 0.1) is 5.92 Å². The lowest BCUT2D eigenvalue weighted by atomic mass is 10.1. The van der Waals surface area contributed by atoms with Gasteiger partial charge < -0.3 is 10.6 Å². The molecule has 6 heteroatoms. The number of rotatable bonds is 6. The third kappa shape index (κ3) is 4.37. The number of alkyl halides is 3. The number of nitrogens with one attached hydrogen (secondary N) is 2. The number of halogens is 3. The van der Waals surface area contributed by atoms with Crippen LogP contribution in [0.2, 0.25) is 0 Å². The Labute approximate surface area is 121 Å². The van der Waals surface area contributed by atoms with Gasteiger partial charge in [-0.25, -0.2) is 0 Å². The average Bonchev–Trinajstić information content (AvgIpc) is 3.25. The number of carbonyl (C=O) groups is 1. The molecule has 1 aromatic rings. The van der Waals surface area contributed by atoms with E-state index in [1.54, 1.807) is 7.05 Å². The van der Waals surface area contributed by atoms with Gasteiger partial charge in [-0.2, -0.15) is 13.2 Å².